The molecule has 27 nitrogen and oxygen atoms in total. The molecule has 0 aliphatic heterocycles. The van der Waals surface area contributed by atoms with Crippen molar-refractivity contribution >= 4 is 76.1 Å². The molecule has 0 spiro atoms. The Bertz CT molecular complexity index is 5240. The second-order valence-corrected chi connectivity index (χ2v) is 43.3. The number of nitrogens with one attached hydrogen (secondary N) is 9. The van der Waals surface area contributed by atoms with E-state index in [0.717, 1.165) is 25.7 Å². The van der Waals surface area contributed by atoms with Crippen LogP contribution in [0.25, 0.3) is 10.9 Å². The highest BCUT2D eigenvalue weighted by atomic mass is 16.6. The molecule has 8 atom stereocenters. The Kier molecular flexibility index (Phi) is 44.3. The van der Waals surface area contributed by atoms with Gasteiger partial charge >= 0.3 is 12.1 Å². The molecular weight excluding hydrogens is 1790 g/mol. The van der Waals surface area contributed by atoms with Gasteiger partial charge in [0, 0.05) is 43.7 Å². The molecule has 772 valence electrons. The summed E-state index contributed by atoms with van der Waals surface area (Å²) >= 11 is 0. The summed E-state index contributed by atoms with van der Waals surface area (Å²) in [5.41, 5.74) is -0.746. The molecule has 1 heterocycles. The number of carbonyl (C=O) groups is 11. The van der Waals surface area contributed by atoms with E-state index in [-0.39, 0.29) is 62.7 Å². The smallest absolute Gasteiger partial charge is 0.419 e. The van der Waals surface area contributed by atoms with Gasteiger partial charge in [-0.2, -0.15) is 0 Å². The van der Waals surface area contributed by atoms with E-state index >= 15 is 33.6 Å². The summed E-state index contributed by atoms with van der Waals surface area (Å²) in [6.07, 6.45) is 16.8. The first kappa shape index (κ1) is 115. The van der Waals surface area contributed by atoms with Crippen molar-refractivity contribution in [1.29, 1.82) is 0 Å². The fraction of sp³-hybridized carbons (Fsp3) is 0.522. The number of nitrogens with zero attached hydrogens (tertiary/aromatic N) is 1. The molecular formula is C115H160N10O17. The summed E-state index contributed by atoms with van der Waals surface area (Å²) in [4.78, 5) is 167. The normalized spacial score (nSPS) is 13.7. The van der Waals surface area contributed by atoms with E-state index in [0.29, 0.717) is 73.5 Å². The molecule has 10 N–H and O–H groups in total. The van der Waals surface area contributed by atoms with Crippen molar-refractivity contribution in [2.45, 2.75) is 368 Å². The number of amides is 9. The van der Waals surface area contributed by atoms with Crippen LogP contribution in [-0.2, 0) is 88.6 Å². The number of fused-ring (bicyclic) bond motifs is 1. The molecule has 0 aliphatic rings. The minimum Gasteiger partial charge on any atom is -0.488 e. The molecule has 0 bridgehead atoms. The summed E-state index contributed by atoms with van der Waals surface area (Å²) in [5, 5.41) is 37.8. The Balaban J connectivity index is 1.13. The molecule has 1 aromatic heterocycles. The molecule has 0 saturated heterocycles. The molecule has 0 aliphatic carbocycles. The van der Waals surface area contributed by atoms with Crippen molar-refractivity contribution in [2.24, 2.45) is 11.8 Å². The van der Waals surface area contributed by atoms with Crippen LogP contribution >= 0.6 is 0 Å². The number of unbranched alkanes of at least 4 members (excludes halogenated alkanes) is 14. The summed E-state index contributed by atoms with van der Waals surface area (Å²) in [6.45, 7) is 36.6. The van der Waals surface area contributed by atoms with Crippen LogP contribution in [0.3, 0.4) is 0 Å². The Morgan fingerprint density at radius 2 is 0.648 bits per heavy atom. The van der Waals surface area contributed by atoms with Gasteiger partial charge < -0.3 is 76.6 Å². The van der Waals surface area contributed by atoms with E-state index in [1.54, 1.807) is 139 Å². The number of para-hydroxylation sites is 1. The van der Waals surface area contributed by atoms with Crippen molar-refractivity contribution in [3.63, 3.8) is 0 Å². The lowest BCUT2D eigenvalue weighted by atomic mass is 9.77. The Hall–Kier alpha value is -12.4. The van der Waals surface area contributed by atoms with Gasteiger partial charge in [-0.25, -0.2) is 9.59 Å². The van der Waals surface area contributed by atoms with E-state index in [1.165, 1.54) is 75.0 Å². The lowest BCUT2D eigenvalue weighted by molar-refractivity contribution is -0.144. The number of benzene rings is 7. The molecule has 0 saturated carbocycles. The van der Waals surface area contributed by atoms with Gasteiger partial charge in [0.2, 0.25) is 53.2 Å². The Morgan fingerprint density at radius 3 is 1.00 bits per heavy atom. The van der Waals surface area contributed by atoms with Gasteiger partial charge in [0.1, 0.15) is 93.5 Å². The van der Waals surface area contributed by atoms with Crippen LogP contribution in [0.1, 0.15) is 299 Å². The fourth-order valence-corrected chi connectivity index (χ4v) is 17.0. The van der Waals surface area contributed by atoms with Gasteiger partial charge in [0.15, 0.2) is 0 Å². The van der Waals surface area contributed by atoms with Crippen LogP contribution in [0.2, 0.25) is 0 Å². The van der Waals surface area contributed by atoms with Gasteiger partial charge in [0.05, 0.1) is 24.1 Å². The molecule has 9 amide bonds. The second kappa shape index (κ2) is 54.7. The minimum absolute atomic E-state index is 0.0618. The van der Waals surface area contributed by atoms with E-state index < -0.39 is 154 Å². The fourth-order valence-electron chi connectivity index (χ4n) is 17.0. The van der Waals surface area contributed by atoms with E-state index in [9.17, 15) is 24.3 Å². The summed E-state index contributed by atoms with van der Waals surface area (Å²) in [5.74, 6) is -7.73. The van der Waals surface area contributed by atoms with Gasteiger partial charge in [-0.1, -0.05) is 270 Å². The number of aromatic nitrogens is 1. The van der Waals surface area contributed by atoms with Crippen molar-refractivity contribution in [3.8, 4) is 17.2 Å². The van der Waals surface area contributed by atoms with Crippen LogP contribution < -0.4 is 62.1 Å². The number of hydrogen-bond donors (Lipinski definition) is 10. The van der Waals surface area contributed by atoms with E-state index in [4.69, 9.17) is 23.7 Å². The van der Waals surface area contributed by atoms with Crippen LogP contribution in [0, 0.1) is 11.8 Å². The highest BCUT2D eigenvalue weighted by molar-refractivity contribution is 6.00. The lowest BCUT2D eigenvalue weighted by Gasteiger charge is -2.37. The van der Waals surface area contributed by atoms with Crippen LogP contribution in [0.15, 0.2) is 194 Å². The molecule has 7 aromatic carbocycles. The second-order valence-electron chi connectivity index (χ2n) is 43.3. The number of aliphatic carboxylic acids is 1. The van der Waals surface area contributed by atoms with E-state index in [2.05, 4.69) is 54.8 Å². The zero-order valence-corrected chi connectivity index (χ0v) is 87.6. The SMILES string of the molecule is CCCCCCCCCCCCCCCCCC(=O)N[C@@H](CC(C)C)C(=O)N[C@@H](Cc1ccc(OC(C)(C)C)cc1)C(=O)N[C@@H](Cc1cn(C(=O)OC(C)(C)C)c2ccccc12)C(=O)N[C@@H](COC(C)(C)C)C(=O)N[C@@H](Cc1ccc(OC(C)(C)C)cc1)C(=O)N[C@@H](CC(C)C)C(=O)N[C@@H](Cc1ccc(OC(C)(C)C)cc1)C(=O)N[C@@H](CC(=O)NC(c1ccccc1)(c1ccccc1)c1ccccc1)C(=O)O. The third-order valence-electron chi connectivity index (χ3n) is 23.7. The molecule has 0 fully saturated rings. The van der Waals surface area contributed by atoms with Crippen LogP contribution in [0.5, 0.6) is 17.2 Å². The average molecular weight is 1950 g/mol. The van der Waals surface area contributed by atoms with E-state index in [1.807, 2.05) is 181 Å². The zero-order chi connectivity index (χ0) is 104. The molecule has 8 rings (SSSR count). The first-order chi connectivity index (χ1) is 67.0. The third kappa shape index (κ3) is 39.8. The van der Waals surface area contributed by atoms with Gasteiger partial charge in [-0.3, -0.25) is 47.7 Å². The molecule has 27 heteroatoms. The minimum atomic E-state index is -1.88. The van der Waals surface area contributed by atoms with Gasteiger partial charge in [0.25, 0.3) is 0 Å². The predicted octanol–water partition coefficient (Wildman–Crippen LogP) is 18.9. The van der Waals surface area contributed by atoms with Crippen molar-refractivity contribution in [2.75, 3.05) is 6.61 Å². The average Bonchev–Trinajstić information content (AvgIpc) is 0.961. The number of carboxylic acid groups (broad SMARTS) is 1. The lowest BCUT2D eigenvalue weighted by Crippen LogP contribution is -2.62. The first-order valence-electron chi connectivity index (χ1n) is 51.0. The maximum absolute atomic E-state index is 16.1. The monoisotopic (exact) mass is 1950 g/mol. The van der Waals surface area contributed by atoms with Crippen molar-refractivity contribution in [1.82, 2.24) is 52.4 Å². The molecule has 0 unspecified atom stereocenters. The Labute approximate surface area is 842 Å². The molecule has 142 heavy (non-hydrogen) atoms. The number of ether oxygens (including phenoxy) is 5. The maximum atomic E-state index is 16.1. The molecule has 8 aromatic rings. The number of carbonyl (C=O) groups excluding carboxylic acids is 10. The summed E-state index contributed by atoms with van der Waals surface area (Å²) in [6, 6.07) is 42.8. The zero-order valence-electron chi connectivity index (χ0n) is 87.6. The third-order valence-corrected chi connectivity index (χ3v) is 23.7. The summed E-state index contributed by atoms with van der Waals surface area (Å²) in [7, 11) is 0. The van der Waals surface area contributed by atoms with Gasteiger partial charge in [-0.15, -0.1) is 0 Å². The number of rotatable bonds is 55. The quantitative estimate of drug-likeness (QED) is 0.0125. The van der Waals surface area contributed by atoms with Crippen molar-refractivity contribution < 1.29 is 81.5 Å². The standard InChI is InChI=1S/C115H160N10O17/c1-21-22-23-24-25-26-27-28-29-30-31-32-33-34-44-55-99(126)116-90(68-77(2)3)101(128)118-92(70-79-56-62-86(63-57-79)139-111(9,10)11)104(131)121-95(73-82-75-125(109(137)142-114(18,19)20)98-54-46-45-53-89(82)98)106(133)123-97(76-138-110(6,7)8)107(134)120-93(71-80-58-64-87(65-59-80)140-112(12,13)14)103(130)117-91(69-78(4)5)102(129)119-94(72-81-60-66-88(67-61-81)141-113(15,16)17)105(132)122-96(108(135)136)74-100(127)124-115(83-47-38-35-39-48-83,84-49-40-36-41-50-84)85-51-42-37-43-52-85/h35-43,45-54,56-67,75,77-78,90-97H,21-34,44,55,68-74,76H2,1-20H3,(H,116,126)(H,117,130)(H,118,128)(H,119,129)(H,120,134)(H,121,131)(H,122,132)(H,123,133)(H,124,127)(H,135,136)/t90-,91-,92-,93-,94-,95-,96-,97-/m0/s1. The van der Waals surface area contributed by atoms with Crippen LogP contribution in [0.4, 0.5) is 4.79 Å². The van der Waals surface area contributed by atoms with Gasteiger partial charge in [-0.05, 0) is 216 Å². The first-order valence-corrected chi connectivity index (χ1v) is 51.0. The van der Waals surface area contributed by atoms with Crippen molar-refractivity contribution in [3.05, 3.63) is 233 Å². The van der Waals surface area contributed by atoms with Crippen LogP contribution in [-0.4, -0.2) is 158 Å². The molecule has 0 radical (unpaired) electrons. The largest absolute Gasteiger partial charge is 0.488 e. The number of carboxylic acids is 1. The number of hydrogen-bond acceptors (Lipinski definition) is 16. The Morgan fingerprint density at radius 1 is 0.331 bits per heavy atom. The highest BCUT2D eigenvalue weighted by Crippen LogP contribution is 2.38. The summed E-state index contributed by atoms with van der Waals surface area (Å²) < 4.78 is 32.1. The highest BCUT2D eigenvalue weighted by Gasteiger charge is 2.42. The predicted molar refractivity (Wildman–Crippen MR) is 558 cm³/mol. The topological polar surface area (TPSA) is 367 Å². The maximum Gasteiger partial charge on any atom is 0.419 e.